The number of hydrazine groups is 2. The van der Waals surface area contributed by atoms with Gasteiger partial charge in [0.2, 0.25) is 10.0 Å². The number of rotatable bonds is 6. The first-order valence-electron chi connectivity index (χ1n) is 12.0. The molecular weight excluding hydrogens is 430 g/mol. The number of likely N-dealkylation sites (N-methyl/N-ethyl adjacent to an activating group) is 1. The van der Waals surface area contributed by atoms with Crippen molar-refractivity contribution in [1.29, 1.82) is 5.26 Å². The highest BCUT2D eigenvalue weighted by molar-refractivity contribution is 7.90. The molecule has 2 saturated carbocycles. The molecule has 2 aliphatic carbocycles. The van der Waals surface area contributed by atoms with Crippen molar-refractivity contribution in [3.8, 4) is 6.07 Å². The lowest BCUT2D eigenvalue weighted by molar-refractivity contribution is 0.00328. The van der Waals surface area contributed by atoms with E-state index in [0.717, 1.165) is 51.6 Å². The van der Waals surface area contributed by atoms with E-state index in [-0.39, 0.29) is 29.8 Å². The highest BCUT2D eigenvalue weighted by atomic mass is 32.2. The molecular formula is C21H37N7O3S. The van der Waals surface area contributed by atoms with Gasteiger partial charge in [-0.3, -0.25) is 10.9 Å². The number of ether oxygens (including phenoxy) is 1. The van der Waals surface area contributed by atoms with Crippen LogP contribution in [-0.2, 0) is 14.8 Å². The number of hydrogen-bond donors (Lipinski definition) is 4. The van der Waals surface area contributed by atoms with E-state index in [2.05, 4.69) is 32.0 Å². The van der Waals surface area contributed by atoms with Crippen molar-refractivity contribution in [3.63, 3.8) is 0 Å². The van der Waals surface area contributed by atoms with Crippen LogP contribution in [0.2, 0.25) is 0 Å². The Kier molecular flexibility index (Phi) is 6.26. The van der Waals surface area contributed by atoms with Gasteiger partial charge < -0.3 is 10.1 Å². The molecule has 5 rings (SSSR count). The van der Waals surface area contributed by atoms with E-state index in [0.29, 0.717) is 24.9 Å². The molecule has 5 fully saturated rings. The Hall–Kier alpha value is -0.840. The van der Waals surface area contributed by atoms with Crippen molar-refractivity contribution >= 4 is 10.0 Å². The highest BCUT2D eigenvalue weighted by Crippen LogP contribution is 2.54. The summed E-state index contributed by atoms with van der Waals surface area (Å²) in [6.45, 7) is 2.58. The zero-order chi connectivity index (χ0) is 22.5. The van der Waals surface area contributed by atoms with Gasteiger partial charge in [0.15, 0.2) is 0 Å². The molecule has 7 atom stereocenters. The Morgan fingerprint density at radius 1 is 1.19 bits per heavy atom. The maximum atomic E-state index is 13.4. The van der Waals surface area contributed by atoms with Crippen LogP contribution in [0.4, 0.5) is 0 Å². The van der Waals surface area contributed by atoms with E-state index in [1.54, 1.807) is 7.11 Å². The predicted octanol–water partition coefficient (Wildman–Crippen LogP) is -0.664. The van der Waals surface area contributed by atoms with Gasteiger partial charge in [-0.25, -0.2) is 23.2 Å². The van der Waals surface area contributed by atoms with Crippen LogP contribution in [0.15, 0.2) is 0 Å². The minimum absolute atomic E-state index is 0.0655. The first kappa shape index (κ1) is 22.9. The van der Waals surface area contributed by atoms with E-state index < -0.39 is 15.3 Å². The molecule has 0 spiro atoms. The Morgan fingerprint density at radius 2 is 2.00 bits per heavy atom. The SMILES string of the molecule is COC1CCC2CNN(C)C2C1NS(=O)(=O)C1CNN(C2CC(C3(C#N)CC3)CCN2)C1. The number of sulfonamides is 1. The first-order valence-corrected chi connectivity index (χ1v) is 13.6. The minimum Gasteiger partial charge on any atom is -0.380 e. The average molecular weight is 468 g/mol. The summed E-state index contributed by atoms with van der Waals surface area (Å²) in [6.07, 6.45) is 5.75. The molecule has 180 valence electrons. The van der Waals surface area contributed by atoms with Crippen LogP contribution >= 0.6 is 0 Å². The van der Waals surface area contributed by atoms with E-state index >= 15 is 0 Å². The van der Waals surface area contributed by atoms with Crippen LogP contribution in [0.3, 0.4) is 0 Å². The van der Waals surface area contributed by atoms with Crippen molar-refractivity contribution in [1.82, 2.24) is 30.9 Å². The van der Waals surface area contributed by atoms with Gasteiger partial charge in [-0.2, -0.15) is 5.26 Å². The Labute approximate surface area is 191 Å². The van der Waals surface area contributed by atoms with E-state index in [1.807, 2.05) is 12.1 Å². The normalized spacial score (nSPS) is 42.5. The number of nitriles is 1. The number of nitrogens with one attached hydrogen (secondary N) is 4. The lowest BCUT2D eigenvalue weighted by Crippen LogP contribution is -2.61. The zero-order valence-electron chi connectivity index (χ0n) is 19.1. The molecule has 11 heteroatoms. The van der Waals surface area contributed by atoms with Gasteiger partial charge in [-0.15, -0.1) is 0 Å². The summed E-state index contributed by atoms with van der Waals surface area (Å²) < 4.78 is 35.6. The molecule has 0 aromatic heterocycles. The molecule has 32 heavy (non-hydrogen) atoms. The van der Waals surface area contributed by atoms with Gasteiger partial charge in [0.25, 0.3) is 0 Å². The van der Waals surface area contributed by atoms with Crippen molar-refractivity contribution in [2.75, 3.05) is 40.3 Å². The second kappa shape index (κ2) is 8.74. The molecule has 0 aromatic rings. The van der Waals surface area contributed by atoms with E-state index in [4.69, 9.17) is 4.74 Å². The number of nitrogens with zero attached hydrogens (tertiary/aromatic N) is 3. The molecule has 0 bridgehead atoms. The van der Waals surface area contributed by atoms with Crippen molar-refractivity contribution in [2.24, 2.45) is 17.3 Å². The number of hydrogen-bond acceptors (Lipinski definition) is 9. The van der Waals surface area contributed by atoms with Crippen LogP contribution in [-0.4, -0.2) is 88.4 Å². The second-order valence-corrected chi connectivity index (χ2v) is 12.4. The summed E-state index contributed by atoms with van der Waals surface area (Å²) in [7, 11) is 0.122. The zero-order valence-corrected chi connectivity index (χ0v) is 19.9. The van der Waals surface area contributed by atoms with Crippen LogP contribution in [0.1, 0.15) is 38.5 Å². The summed E-state index contributed by atoms with van der Waals surface area (Å²) in [5.74, 6) is 0.817. The maximum Gasteiger partial charge on any atom is 0.217 e. The van der Waals surface area contributed by atoms with E-state index in [9.17, 15) is 13.7 Å². The Bertz CT molecular complexity index is 845. The molecule has 0 aromatic carbocycles. The number of methoxy groups -OCH3 is 1. The highest BCUT2D eigenvalue weighted by Gasteiger charge is 2.52. The summed E-state index contributed by atoms with van der Waals surface area (Å²) in [6, 6.07) is 2.38. The average Bonchev–Trinajstić information content (AvgIpc) is 3.25. The van der Waals surface area contributed by atoms with Crippen LogP contribution in [0, 0.1) is 28.6 Å². The van der Waals surface area contributed by atoms with Gasteiger partial charge in [0.05, 0.1) is 29.8 Å². The summed E-state index contributed by atoms with van der Waals surface area (Å²) >= 11 is 0. The van der Waals surface area contributed by atoms with Crippen molar-refractivity contribution < 1.29 is 13.2 Å². The second-order valence-electron chi connectivity index (χ2n) is 10.4. The van der Waals surface area contributed by atoms with Crippen molar-refractivity contribution in [2.45, 2.75) is 68.1 Å². The van der Waals surface area contributed by atoms with Crippen LogP contribution in [0.5, 0.6) is 0 Å². The first-order chi connectivity index (χ1) is 15.4. The predicted molar refractivity (Wildman–Crippen MR) is 119 cm³/mol. The summed E-state index contributed by atoms with van der Waals surface area (Å²) in [5, 5.41) is 16.7. The lowest BCUT2D eigenvalue weighted by atomic mass is 9.80. The summed E-state index contributed by atoms with van der Waals surface area (Å²) in [4.78, 5) is 0. The van der Waals surface area contributed by atoms with Gasteiger partial charge in [-0.05, 0) is 56.9 Å². The molecule has 0 amide bonds. The fraction of sp³-hybridized carbons (Fsp3) is 0.952. The molecule has 3 saturated heterocycles. The van der Waals surface area contributed by atoms with Crippen LogP contribution < -0.4 is 20.9 Å². The molecule has 4 N–H and O–H groups in total. The third-order valence-electron chi connectivity index (χ3n) is 8.64. The third kappa shape index (κ3) is 4.09. The number of piperidine rings is 1. The Morgan fingerprint density at radius 3 is 2.72 bits per heavy atom. The van der Waals surface area contributed by atoms with Gasteiger partial charge in [0.1, 0.15) is 5.25 Å². The summed E-state index contributed by atoms with van der Waals surface area (Å²) in [5.41, 5.74) is 6.55. The smallest absolute Gasteiger partial charge is 0.217 e. The monoisotopic (exact) mass is 467 g/mol. The minimum atomic E-state index is -3.54. The third-order valence-corrected chi connectivity index (χ3v) is 10.4. The van der Waals surface area contributed by atoms with Gasteiger partial charge in [-0.1, -0.05) is 0 Å². The quantitative estimate of drug-likeness (QED) is 0.403. The maximum absolute atomic E-state index is 13.4. The van der Waals surface area contributed by atoms with Gasteiger partial charge >= 0.3 is 0 Å². The molecule has 5 aliphatic rings. The number of fused-ring (bicyclic) bond motifs is 1. The topological polar surface area (TPSA) is 122 Å². The molecule has 3 aliphatic heterocycles. The Balaban J connectivity index is 1.24. The molecule has 0 radical (unpaired) electrons. The van der Waals surface area contributed by atoms with Gasteiger partial charge in [0, 0.05) is 39.8 Å². The standard InChI is InChI=1S/C21H37N7O3S/c1-27-20-14(10-24-27)3-4-17(31-2)19(20)26-32(29,30)16-11-25-28(12-16)18-9-15(5-8-23-18)21(13-22)6-7-21/h14-20,23-26H,3-12H2,1-2H3. The molecule has 7 unspecified atom stereocenters. The van der Waals surface area contributed by atoms with Crippen molar-refractivity contribution in [3.05, 3.63) is 0 Å². The van der Waals surface area contributed by atoms with E-state index in [1.165, 1.54) is 0 Å². The fourth-order valence-electron chi connectivity index (χ4n) is 6.48. The molecule has 3 heterocycles. The molecule has 10 nitrogen and oxygen atoms in total. The van der Waals surface area contributed by atoms with Crippen LogP contribution in [0.25, 0.3) is 0 Å². The lowest BCUT2D eigenvalue weighted by Gasteiger charge is -2.41. The largest absolute Gasteiger partial charge is 0.380 e. The fourth-order valence-corrected chi connectivity index (χ4v) is 7.99.